The number of carbonyl (C=O) groups excluding carboxylic acids is 1. The van der Waals surface area contributed by atoms with Crippen LogP contribution in [0.15, 0.2) is 24.4 Å². The summed E-state index contributed by atoms with van der Waals surface area (Å²) in [5.74, 6) is -0.225. The molecule has 1 heterocycles. The van der Waals surface area contributed by atoms with Crippen molar-refractivity contribution in [2.45, 2.75) is 13.8 Å². The van der Waals surface area contributed by atoms with Gasteiger partial charge in [0.05, 0.1) is 10.6 Å². The van der Waals surface area contributed by atoms with Gasteiger partial charge in [-0.3, -0.25) is 14.9 Å². The minimum absolute atomic E-state index is 0.0703. The van der Waals surface area contributed by atoms with Crippen molar-refractivity contribution in [3.8, 4) is 0 Å². The number of carbonyl (C=O) groups is 1. The number of hydrogen-bond acceptors (Lipinski definition) is 4. The Bertz CT molecular complexity index is 652. The maximum atomic E-state index is 11.2. The SMILES string of the molecule is CC(=O)Nc1c(C)cnc2c([N+](=O)[O-])cccc12. The molecular formula is C12H11N3O3. The fraction of sp³-hybridized carbons (Fsp3) is 0.167. The molecular weight excluding hydrogens is 234 g/mol. The zero-order valence-corrected chi connectivity index (χ0v) is 9.93. The Hall–Kier alpha value is -2.50. The van der Waals surface area contributed by atoms with E-state index in [2.05, 4.69) is 10.3 Å². The van der Waals surface area contributed by atoms with Gasteiger partial charge in [-0.25, -0.2) is 4.98 Å². The monoisotopic (exact) mass is 245 g/mol. The largest absolute Gasteiger partial charge is 0.325 e. The molecule has 0 atom stereocenters. The summed E-state index contributed by atoms with van der Waals surface area (Å²) in [6.45, 7) is 3.18. The Morgan fingerprint density at radius 1 is 1.44 bits per heavy atom. The quantitative estimate of drug-likeness (QED) is 0.650. The highest BCUT2D eigenvalue weighted by Crippen LogP contribution is 2.30. The lowest BCUT2D eigenvalue weighted by Crippen LogP contribution is -2.08. The highest BCUT2D eigenvalue weighted by molar-refractivity contribution is 6.03. The van der Waals surface area contributed by atoms with E-state index in [0.717, 1.165) is 5.56 Å². The number of anilines is 1. The number of pyridine rings is 1. The molecule has 0 aliphatic heterocycles. The maximum Gasteiger partial charge on any atom is 0.295 e. The Morgan fingerprint density at radius 3 is 2.78 bits per heavy atom. The number of benzene rings is 1. The summed E-state index contributed by atoms with van der Waals surface area (Å²) in [7, 11) is 0. The molecule has 0 spiro atoms. The van der Waals surface area contributed by atoms with Crippen LogP contribution in [-0.4, -0.2) is 15.8 Å². The third kappa shape index (κ3) is 2.00. The lowest BCUT2D eigenvalue weighted by molar-refractivity contribution is -0.383. The van der Waals surface area contributed by atoms with Gasteiger partial charge in [-0.15, -0.1) is 0 Å². The number of non-ortho nitro benzene ring substituents is 1. The molecule has 0 fully saturated rings. The molecule has 6 heteroatoms. The summed E-state index contributed by atoms with van der Waals surface area (Å²) in [4.78, 5) is 25.7. The summed E-state index contributed by atoms with van der Waals surface area (Å²) in [6, 6.07) is 4.67. The molecule has 0 aliphatic carbocycles. The Morgan fingerprint density at radius 2 is 2.17 bits per heavy atom. The molecule has 2 rings (SSSR count). The number of fused-ring (bicyclic) bond motifs is 1. The van der Waals surface area contributed by atoms with Crippen LogP contribution in [0.1, 0.15) is 12.5 Å². The molecule has 1 N–H and O–H groups in total. The van der Waals surface area contributed by atoms with Gasteiger partial charge in [0.1, 0.15) is 5.52 Å². The van der Waals surface area contributed by atoms with Gasteiger partial charge in [0.2, 0.25) is 5.91 Å². The molecule has 0 bridgehead atoms. The van der Waals surface area contributed by atoms with E-state index in [9.17, 15) is 14.9 Å². The van der Waals surface area contributed by atoms with E-state index in [1.165, 1.54) is 19.2 Å². The van der Waals surface area contributed by atoms with Crippen LogP contribution in [0.5, 0.6) is 0 Å². The Labute approximate surface area is 103 Å². The van der Waals surface area contributed by atoms with E-state index in [1.54, 1.807) is 19.1 Å². The van der Waals surface area contributed by atoms with Crippen LogP contribution < -0.4 is 5.32 Å². The number of nitro benzene ring substituents is 1. The lowest BCUT2D eigenvalue weighted by Gasteiger charge is -2.09. The number of amides is 1. The molecule has 0 aliphatic rings. The summed E-state index contributed by atoms with van der Waals surface area (Å²) in [5.41, 5.74) is 1.53. The van der Waals surface area contributed by atoms with Crippen LogP contribution >= 0.6 is 0 Å². The van der Waals surface area contributed by atoms with Crippen LogP contribution in [0, 0.1) is 17.0 Å². The van der Waals surface area contributed by atoms with E-state index in [-0.39, 0.29) is 17.1 Å². The standard InChI is InChI=1S/C12H11N3O3/c1-7-6-13-12-9(11(7)14-8(2)16)4-3-5-10(12)15(17)18/h3-6H,1-2H3,(H,13,14,16). The van der Waals surface area contributed by atoms with Gasteiger partial charge in [-0.2, -0.15) is 0 Å². The first kappa shape index (κ1) is 12.0. The first-order chi connectivity index (χ1) is 8.50. The minimum Gasteiger partial charge on any atom is -0.325 e. The topological polar surface area (TPSA) is 85.1 Å². The predicted octanol–water partition coefficient (Wildman–Crippen LogP) is 2.41. The third-order valence-electron chi connectivity index (χ3n) is 2.56. The zero-order chi connectivity index (χ0) is 13.3. The molecule has 1 amide bonds. The first-order valence-corrected chi connectivity index (χ1v) is 5.31. The molecule has 0 saturated heterocycles. The van der Waals surface area contributed by atoms with Crippen molar-refractivity contribution in [1.82, 2.24) is 4.98 Å². The molecule has 18 heavy (non-hydrogen) atoms. The van der Waals surface area contributed by atoms with Crippen molar-refractivity contribution in [2.24, 2.45) is 0 Å². The third-order valence-corrected chi connectivity index (χ3v) is 2.56. The van der Waals surface area contributed by atoms with Crippen molar-refractivity contribution < 1.29 is 9.72 Å². The van der Waals surface area contributed by atoms with Crippen molar-refractivity contribution in [3.63, 3.8) is 0 Å². The Kier molecular flexibility index (Phi) is 2.93. The van der Waals surface area contributed by atoms with E-state index in [1.807, 2.05) is 0 Å². The van der Waals surface area contributed by atoms with E-state index in [0.29, 0.717) is 11.1 Å². The molecule has 1 aromatic carbocycles. The second-order valence-corrected chi connectivity index (χ2v) is 3.93. The average Bonchev–Trinajstić information content (AvgIpc) is 2.31. The van der Waals surface area contributed by atoms with Gasteiger partial charge < -0.3 is 5.32 Å². The number of hydrogen-bond donors (Lipinski definition) is 1. The molecule has 1 aromatic heterocycles. The first-order valence-electron chi connectivity index (χ1n) is 5.31. The van der Waals surface area contributed by atoms with Crippen LogP contribution in [0.25, 0.3) is 10.9 Å². The minimum atomic E-state index is -0.484. The molecule has 0 unspecified atom stereocenters. The summed E-state index contributed by atoms with van der Waals surface area (Å²) in [5, 5.41) is 14.2. The number of nitrogens with one attached hydrogen (secondary N) is 1. The van der Waals surface area contributed by atoms with Crippen LogP contribution in [0.3, 0.4) is 0 Å². The van der Waals surface area contributed by atoms with E-state index in [4.69, 9.17) is 0 Å². The second-order valence-electron chi connectivity index (χ2n) is 3.93. The van der Waals surface area contributed by atoms with Gasteiger partial charge in [-0.1, -0.05) is 12.1 Å². The smallest absolute Gasteiger partial charge is 0.295 e. The van der Waals surface area contributed by atoms with Gasteiger partial charge in [0.15, 0.2) is 0 Å². The van der Waals surface area contributed by atoms with Crippen LogP contribution in [0.2, 0.25) is 0 Å². The van der Waals surface area contributed by atoms with E-state index >= 15 is 0 Å². The molecule has 0 saturated carbocycles. The summed E-state index contributed by atoms with van der Waals surface area (Å²) >= 11 is 0. The number of nitro groups is 1. The van der Waals surface area contributed by atoms with Gasteiger partial charge in [-0.05, 0) is 12.5 Å². The van der Waals surface area contributed by atoms with Crippen molar-refractivity contribution in [2.75, 3.05) is 5.32 Å². The zero-order valence-electron chi connectivity index (χ0n) is 9.93. The summed E-state index contributed by atoms with van der Waals surface area (Å²) in [6.07, 6.45) is 1.51. The van der Waals surface area contributed by atoms with Crippen molar-refractivity contribution in [1.29, 1.82) is 0 Å². The number of aryl methyl sites for hydroxylation is 1. The second kappa shape index (κ2) is 4.40. The molecule has 2 aromatic rings. The lowest BCUT2D eigenvalue weighted by atomic mass is 10.1. The maximum absolute atomic E-state index is 11.2. The predicted molar refractivity (Wildman–Crippen MR) is 67.4 cm³/mol. The normalized spacial score (nSPS) is 10.3. The van der Waals surface area contributed by atoms with Gasteiger partial charge in [0, 0.05) is 24.6 Å². The number of rotatable bonds is 2. The highest BCUT2D eigenvalue weighted by atomic mass is 16.6. The fourth-order valence-electron chi connectivity index (χ4n) is 1.80. The Balaban J connectivity index is 2.77. The summed E-state index contributed by atoms with van der Waals surface area (Å²) < 4.78 is 0. The molecule has 0 radical (unpaired) electrons. The number of para-hydroxylation sites is 1. The average molecular weight is 245 g/mol. The molecule has 6 nitrogen and oxygen atoms in total. The van der Waals surface area contributed by atoms with Crippen molar-refractivity contribution >= 4 is 28.2 Å². The molecule has 92 valence electrons. The van der Waals surface area contributed by atoms with Crippen LogP contribution in [-0.2, 0) is 4.79 Å². The van der Waals surface area contributed by atoms with Crippen molar-refractivity contribution in [3.05, 3.63) is 40.1 Å². The van der Waals surface area contributed by atoms with Gasteiger partial charge >= 0.3 is 0 Å². The number of nitrogens with zero attached hydrogens (tertiary/aromatic N) is 2. The van der Waals surface area contributed by atoms with Crippen LogP contribution in [0.4, 0.5) is 11.4 Å². The van der Waals surface area contributed by atoms with E-state index < -0.39 is 4.92 Å². The fourth-order valence-corrected chi connectivity index (χ4v) is 1.80. The number of aromatic nitrogens is 1. The van der Waals surface area contributed by atoms with Gasteiger partial charge in [0.25, 0.3) is 5.69 Å². The highest BCUT2D eigenvalue weighted by Gasteiger charge is 2.16.